The normalized spacial score (nSPS) is 21.4. The summed E-state index contributed by atoms with van der Waals surface area (Å²) in [5.41, 5.74) is 0.356. The van der Waals surface area contributed by atoms with Gasteiger partial charge in [-0.3, -0.25) is 4.79 Å². The van der Waals surface area contributed by atoms with Gasteiger partial charge in [-0.1, -0.05) is 6.92 Å². The van der Waals surface area contributed by atoms with Gasteiger partial charge in [-0.2, -0.15) is 0 Å². The minimum absolute atomic E-state index is 0. The van der Waals surface area contributed by atoms with E-state index >= 15 is 0 Å². The number of carbonyl (C=O) groups is 1. The molecule has 2 heterocycles. The summed E-state index contributed by atoms with van der Waals surface area (Å²) in [7, 11) is 1.52. The highest BCUT2D eigenvalue weighted by atomic mass is 35.5. The maximum atomic E-state index is 12.1. The lowest BCUT2D eigenvalue weighted by Crippen LogP contribution is -2.45. The Kier molecular flexibility index (Phi) is 5.74. The predicted molar refractivity (Wildman–Crippen MR) is 81.9 cm³/mol. The molecule has 0 aliphatic carbocycles. The van der Waals surface area contributed by atoms with E-state index in [9.17, 15) is 14.9 Å². The van der Waals surface area contributed by atoms with Gasteiger partial charge in [0.2, 0.25) is 0 Å². The highest BCUT2D eigenvalue weighted by molar-refractivity contribution is 5.93. The molecule has 1 atom stereocenters. The molecule has 1 fully saturated rings. The van der Waals surface area contributed by atoms with E-state index < -0.39 is 4.92 Å². The second-order valence-electron chi connectivity index (χ2n) is 5.67. The number of halogens is 1. The Labute approximate surface area is 129 Å². The topological polar surface area (TPSA) is 89.2 Å². The summed E-state index contributed by atoms with van der Waals surface area (Å²) < 4.78 is 1.30. The van der Waals surface area contributed by atoms with E-state index in [0.29, 0.717) is 12.2 Å². The van der Waals surface area contributed by atoms with Gasteiger partial charge in [-0.05, 0) is 35.8 Å². The van der Waals surface area contributed by atoms with Crippen LogP contribution in [-0.4, -0.2) is 35.0 Å². The quantitative estimate of drug-likeness (QED) is 0.650. The van der Waals surface area contributed by atoms with E-state index in [2.05, 4.69) is 17.6 Å². The average Bonchev–Trinajstić information content (AvgIpc) is 2.79. The summed E-state index contributed by atoms with van der Waals surface area (Å²) >= 11 is 0. The zero-order valence-corrected chi connectivity index (χ0v) is 13.0. The Morgan fingerprint density at radius 1 is 1.57 bits per heavy atom. The van der Waals surface area contributed by atoms with Crippen molar-refractivity contribution in [1.82, 2.24) is 15.2 Å². The largest absolute Gasteiger partial charge is 0.358 e. The molecule has 1 aliphatic rings. The van der Waals surface area contributed by atoms with Crippen molar-refractivity contribution >= 4 is 24.1 Å². The summed E-state index contributed by atoms with van der Waals surface area (Å²) in [5, 5.41) is 17.0. The van der Waals surface area contributed by atoms with Crippen LogP contribution < -0.4 is 10.6 Å². The van der Waals surface area contributed by atoms with Gasteiger partial charge in [-0.25, -0.2) is 4.57 Å². The molecule has 0 aromatic carbocycles. The third-order valence-electron chi connectivity index (χ3n) is 3.88. The van der Waals surface area contributed by atoms with E-state index in [0.717, 1.165) is 25.9 Å². The summed E-state index contributed by atoms with van der Waals surface area (Å²) in [6.07, 6.45) is 2.16. The first-order chi connectivity index (χ1) is 9.43. The number of aromatic nitrogens is 1. The second-order valence-corrected chi connectivity index (χ2v) is 5.67. The lowest BCUT2D eigenvalue weighted by atomic mass is 9.83. The van der Waals surface area contributed by atoms with Crippen LogP contribution in [0, 0.1) is 15.5 Å². The highest BCUT2D eigenvalue weighted by Gasteiger charge is 2.28. The van der Waals surface area contributed by atoms with Crippen LogP contribution in [-0.2, 0) is 7.05 Å². The van der Waals surface area contributed by atoms with E-state index in [-0.39, 0.29) is 29.5 Å². The van der Waals surface area contributed by atoms with Gasteiger partial charge >= 0.3 is 5.82 Å². The van der Waals surface area contributed by atoms with Gasteiger partial charge < -0.3 is 20.7 Å². The molecule has 21 heavy (non-hydrogen) atoms. The standard InChI is InChI=1S/C13H20N4O3.ClH/c1-13(6-3-7-14-8-13)9-15-12(18)10-4-5-11(16(10)2)17(19)20;/h4-5,14H,3,6-9H2,1-2H3,(H,15,18);1H. The summed E-state index contributed by atoms with van der Waals surface area (Å²) in [6, 6.07) is 2.83. The molecule has 0 bridgehead atoms. The van der Waals surface area contributed by atoms with Gasteiger partial charge in [0.25, 0.3) is 5.91 Å². The number of hydrogen-bond donors (Lipinski definition) is 2. The van der Waals surface area contributed by atoms with Crippen LogP contribution in [0.4, 0.5) is 5.82 Å². The number of amides is 1. The number of nitrogens with one attached hydrogen (secondary N) is 2. The third kappa shape index (κ3) is 3.95. The fourth-order valence-electron chi connectivity index (χ4n) is 2.57. The monoisotopic (exact) mass is 316 g/mol. The molecule has 8 heteroatoms. The lowest BCUT2D eigenvalue weighted by molar-refractivity contribution is -0.391. The number of carbonyl (C=O) groups excluding carboxylic acids is 1. The van der Waals surface area contributed by atoms with Crippen molar-refractivity contribution in [3.05, 3.63) is 27.9 Å². The van der Waals surface area contributed by atoms with E-state index in [1.54, 1.807) is 0 Å². The van der Waals surface area contributed by atoms with Crippen molar-refractivity contribution < 1.29 is 9.72 Å². The third-order valence-corrected chi connectivity index (χ3v) is 3.88. The first-order valence-electron chi connectivity index (χ1n) is 6.72. The van der Waals surface area contributed by atoms with Gasteiger partial charge in [-0.15, -0.1) is 12.4 Å². The summed E-state index contributed by atoms with van der Waals surface area (Å²) in [4.78, 5) is 22.4. The van der Waals surface area contributed by atoms with Crippen LogP contribution in [0.1, 0.15) is 30.3 Å². The number of piperidine rings is 1. The predicted octanol–water partition coefficient (Wildman–Crippen LogP) is 1.47. The van der Waals surface area contributed by atoms with Gasteiger partial charge in [0.15, 0.2) is 5.69 Å². The molecule has 1 aromatic heterocycles. The minimum atomic E-state index is -0.497. The molecule has 0 radical (unpaired) electrons. The molecule has 0 saturated carbocycles. The van der Waals surface area contributed by atoms with E-state index in [4.69, 9.17) is 0 Å². The van der Waals surface area contributed by atoms with Gasteiger partial charge in [0, 0.05) is 19.2 Å². The molecular weight excluding hydrogens is 296 g/mol. The van der Waals surface area contributed by atoms with Crippen LogP contribution >= 0.6 is 12.4 Å². The second kappa shape index (κ2) is 6.91. The molecule has 118 valence electrons. The van der Waals surface area contributed by atoms with Crippen molar-refractivity contribution in [3.8, 4) is 0 Å². The smallest absolute Gasteiger partial charge is 0.323 e. The Morgan fingerprint density at radius 3 is 2.81 bits per heavy atom. The van der Waals surface area contributed by atoms with E-state index in [1.165, 1.54) is 23.7 Å². The van der Waals surface area contributed by atoms with Crippen LogP contribution in [0.5, 0.6) is 0 Å². The summed E-state index contributed by atoms with van der Waals surface area (Å²) in [5.74, 6) is -0.354. The minimum Gasteiger partial charge on any atom is -0.358 e. The van der Waals surface area contributed by atoms with Crippen LogP contribution in [0.2, 0.25) is 0 Å². The van der Waals surface area contributed by atoms with Gasteiger partial charge in [0.05, 0.1) is 7.05 Å². The summed E-state index contributed by atoms with van der Waals surface area (Å²) in [6.45, 7) is 4.60. The van der Waals surface area contributed by atoms with Gasteiger partial charge in [0.1, 0.15) is 0 Å². The van der Waals surface area contributed by atoms with Crippen molar-refractivity contribution in [3.63, 3.8) is 0 Å². The van der Waals surface area contributed by atoms with E-state index in [1.807, 2.05) is 0 Å². The molecule has 2 rings (SSSR count). The van der Waals surface area contributed by atoms with Crippen LogP contribution in [0.25, 0.3) is 0 Å². The molecular formula is C13H21ClN4O3. The Bertz CT molecular complexity index is 523. The Morgan fingerprint density at radius 2 is 2.29 bits per heavy atom. The molecule has 0 spiro atoms. The number of nitro groups is 1. The fourth-order valence-corrected chi connectivity index (χ4v) is 2.57. The zero-order valence-electron chi connectivity index (χ0n) is 12.2. The first-order valence-corrected chi connectivity index (χ1v) is 6.72. The Hall–Kier alpha value is -1.60. The SMILES string of the molecule is Cl.Cn1c(C(=O)NCC2(C)CCCNC2)ccc1[N+](=O)[O-]. The van der Waals surface area contributed by atoms with Crippen molar-refractivity contribution in [2.75, 3.05) is 19.6 Å². The first kappa shape index (κ1) is 17.5. The molecule has 1 unspecified atom stereocenters. The van der Waals surface area contributed by atoms with Crippen molar-refractivity contribution in [2.24, 2.45) is 12.5 Å². The number of rotatable bonds is 4. The Balaban J connectivity index is 0.00000220. The van der Waals surface area contributed by atoms with Crippen molar-refractivity contribution in [1.29, 1.82) is 0 Å². The fraction of sp³-hybridized carbons (Fsp3) is 0.615. The number of nitrogens with zero attached hydrogens (tertiary/aromatic N) is 2. The maximum Gasteiger partial charge on any atom is 0.323 e. The number of hydrogen-bond acceptors (Lipinski definition) is 4. The molecule has 2 N–H and O–H groups in total. The van der Waals surface area contributed by atoms with Crippen LogP contribution in [0.3, 0.4) is 0 Å². The molecule has 1 saturated heterocycles. The van der Waals surface area contributed by atoms with Crippen molar-refractivity contribution in [2.45, 2.75) is 19.8 Å². The van der Waals surface area contributed by atoms with Crippen LogP contribution in [0.15, 0.2) is 12.1 Å². The molecule has 1 aromatic rings. The average molecular weight is 317 g/mol. The molecule has 1 aliphatic heterocycles. The zero-order chi connectivity index (χ0) is 14.8. The molecule has 7 nitrogen and oxygen atoms in total. The molecule has 1 amide bonds. The maximum absolute atomic E-state index is 12.1. The lowest BCUT2D eigenvalue weighted by Gasteiger charge is -2.34. The highest BCUT2D eigenvalue weighted by Crippen LogP contribution is 2.24.